The highest BCUT2D eigenvalue weighted by molar-refractivity contribution is 6.34. The number of ketones is 1. The molecule has 92 valence electrons. The zero-order valence-corrected chi connectivity index (χ0v) is 10.7. The Morgan fingerprint density at radius 2 is 1.65 bits per heavy atom. The molecule has 0 bridgehead atoms. The molecule has 0 N–H and O–H groups in total. The van der Waals surface area contributed by atoms with Crippen molar-refractivity contribution in [1.82, 2.24) is 4.90 Å². The van der Waals surface area contributed by atoms with Gasteiger partial charge in [-0.3, -0.25) is 9.59 Å². The maximum atomic E-state index is 11.3. The lowest BCUT2D eigenvalue weighted by atomic mass is 10.1. The van der Waals surface area contributed by atoms with Crippen LogP contribution < -0.4 is 0 Å². The van der Waals surface area contributed by atoms with Gasteiger partial charge in [0.2, 0.25) is 5.78 Å². The van der Waals surface area contributed by atoms with E-state index in [4.69, 9.17) is 0 Å². The summed E-state index contributed by atoms with van der Waals surface area (Å²) >= 11 is 0. The lowest BCUT2D eigenvalue weighted by Gasteiger charge is -2.15. The minimum Gasteiger partial charge on any atom is -0.339 e. The number of likely N-dealkylation sites (N-methyl/N-ethyl adjacent to an activating group) is 1. The quantitative estimate of drug-likeness (QED) is 0.728. The Morgan fingerprint density at radius 3 is 2.12 bits per heavy atom. The fraction of sp³-hybridized carbons (Fsp3) is 0.429. The Labute approximate surface area is 102 Å². The molecule has 0 fully saturated rings. The summed E-state index contributed by atoms with van der Waals surface area (Å²) in [5.41, 5.74) is 2.49. The van der Waals surface area contributed by atoms with E-state index >= 15 is 0 Å². The Morgan fingerprint density at radius 1 is 1.12 bits per heavy atom. The number of Topliss-reactive ketones (excluding diaryl/α,β-unsaturated/α-hetero) is 1. The fourth-order valence-electron chi connectivity index (χ4n) is 1.61. The van der Waals surface area contributed by atoms with Gasteiger partial charge in [0.15, 0.2) is 0 Å². The van der Waals surface area contributed by atoms with Crippen molar-refractivity contribution in [3.63, 3.8) is 0 Å². The maximum Gasteiger partial charge on any atom is 0.289 e. The van der Waals surface area contributed by atoms with Crippen LogP contribution in [0.25, 0.3) is 0 Å². The predicted molar refractivity (Wildman–Crippen MR) is 67.8 cm³/mol. The van der Waals surface area contributed by atoms with E-state index in [2.05, 4.69) is 31.2 Å². The summed E-state index contributed by atoms with van der Waals surface area (Å²) in [6.07, 6.45) is 1.81. The number of hydrogen-bond acceptors (Lipinski definition) is 2. The molecule has 1 amide bonds. The minimum absolute atomic E-state index is 0.408. The van der Waals surface area contributed by atoms with Crippen LogP contribution in [0.5, 0.6) is 0 Å². The van der Waals surface area contributed by atoms with Gasteiger partial charge in [-0.05, 0) is 24.0 Å². The molecule has 1 rings (SSSR count). The number of hydrogen-bond donors (Lipinski definition) is 0. The number of nitrogens with zero attached hydrogens (tertiary/aromatic N) is 1. The van der Waals surface area contributed by atoms with Crippen LogP contribution in [0, 0.1) is 0 Å². The van der Waals surface area contributed by atoms with Crippen LogP contribution in [0.15, 0.2) is 24.3 Å². The molecule has 0 saturated heterocycles. The number of benzene rings is 1. The van der Waals surface area contributed by atoms with Crippen LogP contribution >= 0.6 is 0 Å². The van der Waals surface area contributed by atoms with Gasteiger partial charge in [-0.2, -0.15) is 0 Å². The lowest BCUT2D eigenvalue weighted by molar-refractivity contribution is -0.142. The second-order valence-electron chi connectivity index (χ2n) is 4.20. The number of amides is 1. The predicted octanol–water partition coefficient (Wildman–Crippen LogP) is 1.84. The molecule has 3 heteroatoms. The van der Waals surface area contributed by atoms with Crippen molar-refractivity contribution in [3.8, 4) is 0 Å². The zero-order chi connectivity index (χ0) is 12.8. The summed E-state index contributed by atoms with van der Waals surface area (Å²) < 4.78 is 0. The van der Waals surface area contributed by atoms with Crippen LogP contribution in [0.4, 0.5) is 0 Å². The molecule has 0 aliphatic rings. The number of rotatable bonds is 5. The maximum absolute atomic E-state index is 11.3. The second kappa shape index (κ2) is 6.18. The van der Waals surface area contributed by atoms with Crippen molar-refractivity contribution in [3.05, 3.63) is 35.4 Å². The Hall–Kier alpha value is -1.64. The smallest absolute Gasteiger partial charge is 0.289 e. The van der Waals surface area contributed by atoms with Crippen LogP contribution in [0.2, 0.25) is 0 Å². The molecule has 0 aromatic heterocycles. The average molecular weight is 233 g/mol. The van der Waals surface area contributed by atoms with E-state index in [9.17, 15) is 9.59 Å². The largest absolute Gasteiger partial charge is 0.339 e. The molecule has 0 aliphatic carbocycles. The lowest BCUT2D eigenvalue weighted by Crippen LogP contribution is -2.33. The second-order valence-corrected chi connectivity index (χ2v) is 4.20. The molecule has 17 heavy (non-hydrogen) atoms. The summed E-state index contributed by atoms with van der Waals surface area (Å²) in [6.45, 7) is 3.99. The van der Waals surface area contributed by atoms with Gasteiger partial charge in [-0.25, -0.2) is 0 Å². The Balaban J connectivity index is 2.49. The molecule has 1 aromatic carbocycles. The highest BCUT2D eigenvalue weighted by Gasteiger charge is 2.12. The molecule has 0 heterocycles. The first-order valence-corrected chi connectivity index (χ1v) is 5.88. The van der Waals surface area contributed by atoms with Crippen molar-refractivity contribution in [2.75, 3.05) is 13.6 Å². The summed E-state index contributed by atoms with van der Waals surface area (Å²) in [7, 11) is 1.66. The molecule has 0 atom stereocenters. The van der Waals surface area contributed by atoms with Gasteiger partial charge in [0.25, 0.3) is 5.91 Å². The first-order valence-electron chi connectivity index (χ1n) is 5.88. The van der Waals surface area contributed by atoms with Gasteiger partial charge >= 0.3 is 0 Å². The molecule has 0 unspecified atom stereocenters. The van der Waals surface area contributed by atoms with Gasteiger partial charge in [0.05, 0.1) is 0 Å². The monoisotopic (exact) mass is 233 g/mol. The molecule has 0 radical (unpaired) electrons. The molecule has 3 nitrogen and oxygen atoms in total. The van der Waals surface area contributed by atoms with Crippen molar-refractivity contribution in [2.24, 2.45) is 0 Å². The summed E-state index contributed by atoms with van der Waals surface area (Å²) in [5.74, 6) is -0.830. The normalized spacial score (nSPS) is 10.1. The third-order valence-corrected chi connectivity index (χ3v) is 2.81. The molecular weight excluding hydrogens is 214 g/mol. The number of carbonyl (C=O) groups excluding carboxylic acids is 2. The van der Waals surface area contributed by atoms with Crippen LogP contribution in [0.3, 0.4) is 0 Å². The number of aryl methyl sites for hydroxylation is 1. The molecule has 0 saturated carbocycles. The standard InChI is InChI=1S/C14H19NO2/c1-4-12-5-7-13(8-6-12)9-10-15(3)14(17)11(2)16/h5-8H,4,9-10H2,1-3H3. The average Bonchev–Trinajstić information content (AvgIpc) is 2.35. The van der Waals surface area contributed by atoms with E-state index in [1.54, 1.807) is 7.05 Å². The van der Waals surface area contributed by atoms with Gasteiger partial charge in [-0.1, -0.05) is 31.2 Å². The SMILES string of the molecule is CCc1ccc(CCN(C)C(=O)C(C)=O)cc1. The van der Waals surface area contributed by atoms with Crippen molar-refractivity contribution >= 4 is 11.7 Å². The van der Waals surface area contributed by atoms with Crippen LogP contribution in [-0.2, 0) is 22.4 Å². The van der Waals surface area contributed by atoms with Crippen molar-refractivity contribution in [2.45, 2.75) is 26.7 Å². The third-order valence-electron chi connectivity index (χ3n) is 2.81. The van der Waals surface area contributed by atoms with E-state index in [0.29, 0.717) is 6.54 Å². The van der Waals surface area contributed by atoms with E-state index in [1.807, 2.05) is 0 Å². The summed E-state index contributed by atoms with van der Waals surface area (Å²) in [4.78, 5) is 23.7. The molecular formula is C14H19NO2. The molecule has 0 aliphatic heterocycles. The van der Waals surface area contributed by atoms with Gasteiger partial charge in [-0.15, -0.1) is 0 Å². The van der Waals surface area contributed by atoms with Crippen LogP contribution in [-0.4, -0.2) is 30.2 Å². The highest BCUT2D eigenvalue weighted by Crippen LogP contribution is 2.06. The minimum atomic E-state index is -0.421. The van der Waals surface area contributed by atoms with Crippen LogP contribution in [0.1, 0.15) is 25.0 Å². The molecule has 0 spiro atoms. The first kappa shape index (κ1) is 13.4. The first-order chi connectivity index (χ1) is 8.04. The zero-order valence-electron chi connectivity index (χ0n) is 10.7. The van der Waals surface area contributed by atoms with Crippen molar-refractivity contribution in [1.29, 1.82) is 0 Å². The summed E-state index contributed by atoms with van der Waals surface area (Å²) in [6, 6.07) is 8.35. The third kappa shape index (κ3) is 4.02. The molecule has 1 aromatic rings. The number of carbonyl (C=O) groups is 2. The van der Waals surface area contributed by atoms with E-state index < -0.39 is 11.7 Å². The van der Waals surface area contributed by atoms with Gasteiger partial charge in [0.1, 0.15) is 0 Å². The Kier molecular flexibility index (Phi) is 4.88. The summed E-state index contributed by atoms with van der Waals surface area (Å²) in [5, 5.41) is 0. The Bertz CT molecular complexity index is 395. The van der Waals surface area contributed by atoms with E-state index in [0.717, 1.165) is 12.8 Å². The van der Waals surface area contributed by atoms with Gasteiger partial charge < -0.3 is 4.90 Å². The highest BCUT2D eigenvalue weighted by atomic mass is 16.2. The topological polar surface area (TPSA) is 37.4 Å². The van der Waals surface area contributed by atoms with Gasteiger partial charge in [0, 0.05) is 20.5 Å². The van der Waals surface area contributed by atoms with E-state index in [-0.39, 0.29) is 0 Å². The van der Waals surface area contributed by atoms with E-state index in [1.165, 1.54) is 23.0 Å². The fourth-order valence-corrected chi connectivity index (χ4v) is 1.61. The van der Waals surface area contributed by atoms with Crippen molar-refractivity contribution < 1.29 is 9.59 Å².